The molecule has 0 amide bonds. The Bertz CT molecular complexity index is 1470. The molecule has 1 heterocycles. The molecule has 0 saturated carbocycles. The van der Waals surface area contributed by atoms with Crippen LogP contribution in [0.2, 0.25) is 0 Å². The van der Waals surface area contributed by atoms with E-state index in [9.17, 15) is 4.79 Å². The summed E-state index contributed by atoms with van der Waals surface area (Å²) in [7, 11) is 0. The van der Waals surface area contributed by atoms with Crippen molar-refractivity contribution in [3.63, 3.8) is 0 Å². The molecule has 6 heteroatoms. The molecule has 0 spiro atoms. The van der Waals surface area contributed by atoms with Gasteiger partial charge in [0.15, 0.2) is 5.76 Å². The van der Waals surface area contributed by atoms with E-state index in [1.165, 1.54) is 63.9 Å². The lowest BCUT2D eigenvalue weighted by Crippen LogP contribution is -2.11. The van der Waals surface area contributed by atoms with Crippen molar-refractivity contribution in [2.24, 2.45) is 5.92 Å². The van der Waals surface area contributed by atoms with E-state index >= 15 is 0 Å². The highest BCUT2D eigenvalue weighted by Crippen LogP contribution is 2.29. The molecule has 0 radical (unpaired) electrons. The van der Waals surface area contributed by atoms with Crippen molar-refractivity contribution in [2.45, 2.75) is 91.4 Å². The van der Waals surface area contributed by atoms with Crippen molar-refractivity contribution < 1.29 is 23.5 Å². The second kappa shape index (κ2) is 20.0. The van der Waals surface area contributed by atoms with Gasteiger partial charge in [0, 0.05) is 23.3 Å². The Hall–Kier alpha value is -4.32. The maximum Gasteiger partial charge on any atom is 0.336 e. The summed E-state index contributed by atoms with van der Waals surface area (Å²) >= 11 is 0. The van der Waals surface area contributed by atoms with Crippen LogP contribution in [0, 0.1) is 5.92 Å². The fraction of sp³-hybridized carbons (Fsp3) is 0.415. The first kappa shape index (κ1) is 35.5. The molecule has 1 aromatic heterocycles. The number of carbonyl (C=O) groups excluding carboxylic acids is 1. The quantitative estimate of drug-likeness (QED) is 0.0392. The van der Waals surface area contributed by atoms with E-state index in [0.717, 1.165) is 59.9 Å². The van der Waals surface area contributed by atoms with Crippen LogP contribution in [-0.2, 0) is 4.79 Å². The summed E-state index contributed by atoms with van der Waals surface area (Å²) in [6.45, 7) is 8.17. The monoisotopic (exact) mass is 637 g/mol. The van der Waals surface area contributed by atoms with Crippen LogP contribution in [0.15, 0.2) is 89.5 Å². The lowest BCUT2D eigenvalue weighted by atomic mass is 10.0. The van der Waals surface area contributed by atoms with Crippen LogP contribution in [-0.4, -0.2) is 24.3 Å². The van der Waals surface area contributed by atoms with Crippen molar-refractivity contribution in [2.75, 3.05) is 13.2 Å². The zero-order chi connectivity index (χ0) is 33.1. The van der Waals surface area contributed by atoms with Gasteiger partial charge in [-0.05, 0) is 91.1 Å². The van der Waals surface area contributed by atoms with Crippen molar-refractivity contribution in [3.05, 3.63) is 90.5 Å². The Morgan fingerprint density at radius 1 is 0.723 bits per heavy atom. The molecular weight excluding hydrogens is 586 g/mol. The summed E-state index contributed by atoms with van der Waals surface area (Å²) in [6, 6.07) is 24.8. The predicted molar refractivity (Wildman–Crippen MR) is 191 cm³/mol. The summed E-state index contributed by atoms with van der Waals surface area (Å²) in [6.07, 6.45) is 16.8. The van der Waals surface area contributed by atoms with Crippen molar-refractivity contribution >= 4 is 12.0 Å². The summed E-state index contributed by atoms with van der Waals surface area (Å²) in [4.78, 5) is 12.4. The van der Waals surface area contributed by atoms with Crippen molar-refractivity contribution in [1.29, 1.82) is 0 Å². The van der Waals surface area contributed by atoms with E-state index in [1.54, 1.807) is 18.2 Å². The molecule has 6 nitrogen and oxygen atoms in total. The molecule has 0 N–H and O–H groups in total. The smallest absolute Gasteiger partial charge is 0.336 e. The first-order valence-corrected chi connectivity index (χ1v) is 17.5. The molecule has 1 atom stereocenters. The number of benzene rings is 3. The van der Waals surface area contributed by atoms with Crippen LogP contribution in [0.4, 0.5) is 0 Å². The molecule has 4 rings (SSSR count). The third-order valence-electron chi connectivity index (χ3n) is 8.36. The predicted octanol–water partition coefficient (Wildman–Crippen LogP) is 11.4. The van der Waals surface area contributed by atoms with E-state index in [-0.39, 0.29) is 0 Å². The minimum absolute atomic E-state index is 0.447. The summed E-state index contributed by atoms with van der Waals surface area (Å²) in [5.41, 5.74) is 3.44. The Balaban J connectivity index is 1.20. The minimum atomic E-state index is -0.447. The van der Waals surface area contributed by atoms with Crippen LogP contribution in [0.1, 0.15) is 97.0 Å². The first-order chi connectivity index (χ1) is 23.1. The van der Waals surface area contributed by atoms with Crippen LogP contribution in [0.25, 0.3) is 28.7 Å². The van der Waals surface area contributed by atoms with E-state index in [4.69, 9.17) is 18.7 Å². The molecule has 1 unspecified atom stereocenters. The number of ether oxygens (including phenoxy) is 3. The van der Waals surface area contributed by atoms with Crippen LogP contribution in [0.3, 0.4) is 0 Å². The van der Waals surface area contributed by atoms with E-state index in [2.05, 4.69) is 25.9 Å². The second-order valence-electron chi connectivity index (χ2n) is 12.1. The van der Waals surface area contributed by atoms with Gasteiger partial charge in [-0.25, -0.2) is 4.79 Å². The summed E-state index contributed by atoms with van der Waals surface area (Å²) in [5, 5.41) is 4.26. The van der Waals surface area contributed by atoms with Gasteiger partial charge in [0.05, 0.1) is 13.2 Å². The Morgan fingerprint density at radius 3 is 2.04 bits per heavy atom. The number of unbranched alkanes of at least 4 members (excludes halogenated alkanes) is 7. The molecule has 0 fully saturated rings. The normalized spacial score (nSPS) is 11.9. The Kier molecular flexibility index (Phi) is 15.1. The number of hydrogen-bond acceptors (Lipinski definition) is 6. The highest BCUT2D eigenvalue weighted by molar-refractivity contribution is 5.88. The van der Waals surface area contributed by atoms with Gasteiger partial charge < -0.3 is 18.7 Å². The molecule has 0 bridgehead atoms. The maximum atomic E-state index is 12.4. The molecule has 4 aromatic rings. The van der Waals surface area contributed by atoms with Crippen LogP contribution < -0.4 is 14.2 Å². The van der Waals surface area contributed by atoms with Gasteiger partial charge in [-0.15, -0.1) is 0 Å². The zero-order valence-corrected chi connectivity index (χ0v) is 28.4. The highest BCUT2D eigenvalue weighted by Gasteiger charge is 2.11. The van der Waals surface area contributed by atoms with Crippen LogP contribution in [0.5, 0.6) is 17.2 Å². The SMILES string of the molecule is CCCCCCCCCOc1ccc(/C=C/C(=O)Oc2ccc(-c3cc(-c4ccc(OCC(CC)CCCC)cc4)no3)cc2)cc1. The fourth-order valence-electron chi connectivity index (χ4n) is 5.31. The zero-order valence-electron chi connectivity index (χ0n) is 28.4. The molecular formula is C41H51NO5. The number of rotatable bonds is 21. The van der Waals surface area contributed by atoms with Gasteiger partial charge in [0.25, 0.3) is 0 Å². The standard InChI is InChI=1S/C41H51NO5/c1-4-7-9-10-11-12-13-29-44-36-22-15-33(16-23-36)17-28-41(43)46-38-26-20-35(21-27-38)40-30-39(42-47-40)34-18-24-37(25-19-34)45-31-32(6-3)14-8-5-2/h15-28,30,32H,4-14,29,31H2,1-3H3/b28-17+. The van der Waals surface area contributed by atoms with Gasteiger partial charge in [-0.2, -0.15) is 0 Å². The van der Waals surface area contributed by atoms with Gasteiger partial charge in [0.2, 0.25) is 0 Å². The summed E-state index contributed by atoms with van der Waals surface area (Å²) < 4.78 is 23.0. The number of nitrogens with zero attached hydrogens (tertiary/aromatic N) is 1. The molecule has 0 aliphatic heterocycles. The largest absolute Gasteiger partial charge is 0.494 e. The Labute approximate surface area is 281 Å². The third-order valence-corrected chi connectivity index (χ3v) is 8.36. The van der Waals surface area contributed by atoms with E-state index < -0.39 is 5.97 Å². The molecule has 250 valence electrons. The Morgan fingerprint density at radius 2 is 1.34 bits per heavy atom. The van der Waals surface area contributed by atoms with Gasteiger partial charge in [-0.3, -0.25) is 0 Å². The number of carbonyl (C=O) groups is 1. The lowest BCUT2D eigenvalue weighted by molar-refractivity contribution is -0.128. The molecule has 47 heavy (non-hydrogen) atoms. The number of aromatic nitrogens is 1. The lowest BCUT2D eigenvalue weighted by Gasteiger charge is -2.15. The fourth-order valence-corrected chi connectivity index (χ4v) is 5.31. The summed E-state index contributed by atoms with van der Waals surface area (Å²) in [5.74, 6) is 2.94. The minimum Gasteiger partial charge on any atom is -0.494 e. The molecule has 0 saturated heterocycles. The maximum absolute atomic E-state index is 12.4. The molecule has 0 aliphatic carbocycles. The first-order valence-electron chi connectivity index (χ1n) is 17.5. The third kappa shape index (κ3) is 12.4. The highest BCUT2D eigenvalue weighted by atomic mass is 16.5. The average molecular weight is 638 g/mol. The average Bonchev–Trinajstić information content (AvgIpc) is 3.60. The molecule has 3 aromatic carbocycles. The van der Waals surface area contributed by atoms with E-state index in [0.29, 0.717) is 17.4 Å². The number of esters is 1. The van der Waals surface area contributed by atoms with Gasteiger partial charge >= 0.3 is 5.97 Å². The van der Waals surface area contributed by atoms with Gasteiger partial charge in [-0.1, -0.05) is 95.8 Å². The second-order valence-corrected chi connectivity index (χ2v) is 12.1. The number of hydrogen-bond donors (Lipinski definition) is 0. The topological polar surface area (TPSA) is 70.8 Å². The van der Waals surface area contributed by atoms with Crippen LogP contribution >= 0.6 is 0 Å². The molecule has 0 aliphatic rings. The van der Waals surface area contributed by atoms with E-state index in [1.807, 2.05) is 66.7 Å². The van der Waals surface area contributed by atoms with Gasteiger partial charge in [0.1, 0.15) is 22.9 Å². The van der Waals surface area contributed by atoms with Crippen molar-refractivity contribution in [3.8, 4) is 39.8 Å². The van der Waals surface area contributed by atoms with Crippen molar-refractivity contribution in [1.82, 2.24) is 5.16 Å².